The molecule has 1 atom stereocenters. The Morgan fingerprint density at radius 1 is 1.14 bits per heavy atom. The lowest BCUT2D eigenvalue weighted by Gasteiger charge is -2.15. The van der Waals surface area contributed by atoms with Crippen molar-refractivity contribution >= 4 is 15.9 Å². The zero-order chi connectivity index (χ0) is 16.0. The molecule has 2 N–H and O–H groups in total. The molecule has 0 saturated carbocycles. The van der Waals surface area contributed by atoms with E-state index in [0.717, 1.165) is 12.0 Å². The number of sulfonamides is 1. The predicted octanol–water partition coefficient (Wildman–Crippen LogP) is 1.82. The Morgan fingerprint density at radius 2 is 1.71 bits per heavy atom. The number of rotatable bonds is 7. The number of benzene rings is 1. The maximum Gasteiger partial charge on any atom is 0.241 e. The molecule has 0 unspecified atom stereocenters. The number of carbonyl (C=O) groups excluding carboxylic acids is 1. The van der Waals surface area contributed by atoms with Gasteiger partial charge in [-0.2, -0.15) is 4.72 Å². The summed E-state index contributed by atoms with van der Waals surface area (Å²) in [7, 11) is -3.67. The van der Waals surface area contributed by atoms with Gasteiger partial charge in [-0.1, -0.05) is 31.5 Å². The number of aryl methyl sites for hydroxylation is 1. The molecule has 6 heteroatoms. The molecule has 1 amide bonds. The van der Waals surface area contributed by atoms with Gasteiger partial charge >= 0.3 is 0 Å². The van der Waals surface area contributed by atoms with Gasteiger partial charge in [-0.15, -0.1) is 0 Å². The number of amides is 1. The standard InChI is InChI=1S/C15H24N2O3S/c1-11(2)9-10-16-15(18)13(4)17-21(19,20)14-7-5-12(3)6-8-14/h5-8,11,13,17H,9-10H2,1-4H3,(H,16,18)/t13-/m0/s1. The van der Waals surface area contributed by atoms with Crippen LogP contribution in [0.5, 0.6) is 0 Å². The highest BCUT2D eigenvalue weighted by molar-refractivity contribution is 7.89. The highest BCUT2D eigenvalue weighted by Crippen LogP contribution is 2.10. The average Bonchev–Trinajstić information content (AvgIpc) is 2.38. The van der Waals surface area contributed by atoms with E-state index < -0.39 is 16.1 Å². The van der Waals surface area contributed by atoms with Crippen LogP contribution in [0, 0.1) is 12.8 Å². The van der Waals surface area contributed by atoms with Crippen LogP contribution in [-0.2, 0) is 14.8 Å². The van der Waals surface area contributed by atoms with Crippen LogP contribution < -0.4 is 10.0 Å². The van der Waals surface area contributed by atoms with Crippen LogP contribution in [0.15, 0.2) is 29.2 Å². The lowest BCUT2D eigenvalue weighted by atomic mass is 10.1. The van der Waals surface area contributed by atoms with Gasteiger partial charge < -0.3 is 5.32 Å². The Kier molecular flexibility index (Phi) is 6.36. The fourth-order valence-electron chi connectivity index (χ4n) is 1.71. The molecule has 0 aliphatic carbocycles. The summed E-state index contributed by atoms with van der Waals surface area (Å²) in [6, 6.07) is 5.70. The first kappa shape index (κ1) is 17.7. The summed E-state index contributed by atoms with van der Waals surface area (Å²) in [6.45, 7) is 8.10. The SMILES string of the molecule is Cc1ccc(S(=O)(=O)N[C@@H](C)C(=O)NCCC(C)C)cc1. The molecule has 118 valence electrons. The smallest absolute Gasteiger partial charge is 0.241 e. The molecule has 0 radical (unpaired) electrons. The molecule has 1 aromatic carbocycles. The molecule has 0 aliphatic heterocycles. The van der Waals surface area contributed by atoms with Crippen molar-refractivity contribution < 1.29 is 13.2 Å². The first-order chi connectivity index (χ1) is 9.72. The van der Waals surface area contributed by atoms with Gasteiger partial charge in [0.25, 0.3) is 0 Å². The molecular formula is C15H24N2O3S. The molecular weight excluding hydrogens is 288 g/mol. The minimum atomic E-state index is -3.67. The maximum absolute atomic E-state index is 12.1. The van der Waals surface area contributed by atoms with Gasteiger partial charge in [-0.05, 0) is 38.3 Å². The summed E-state index contributed by atoms with van der Waals surface area (Å²) in [4.78, 5) is 12.0. The molecule has 0 bridgehead atoms. The van der Waals surface area contributed by atoms with E-state index in [2.05, 4.69) is 23.9 Å². The van der Waals surface area contributed by atoms with Crippen molar-refractivity contribution in [2.75, 3.05) is 6.54 Å². The summed E-state index contributed by atoms with van der Waals surface area (Å²) in [5, 5.41) is 2.73. The second-order valence-corrected chi connectivity index (χ2v) is 7.34. The van der Waals surface area contributed by atoms with Crippen molar-refractivity contribution in [3.63, 3.8) is 0 Å². The highest BCUT2D eigenvalue weighted by Gasteiger charge is 2.21. The van der Waals surface area contributed by atoms with Crippen LogP contribution in [-0.4, -0.2) is 26.9 Å². The number of carbonyl (C=O) groups is 1. The summed E-state index contributed by atoms with van der Waals surface area (Å²) in [5.41, 5.74) is 0.980. The maximum atomic E-state index is 12.1. The summed E-state index contributed by atoms with van der Waals surface area (Å²) >= 11 is 0. The predicted molar refractivity (Wildman–Crippen MR) is 83.4 cm³/mol. The highest BCUT2D eigenvalue weighted by atomic mass is 32.2. The zero-order valence-electron chi connectivity index (χ0n) is 13.0. The van der Waals surface area contributed by atoms with Crippen LogP contribution in [0.4, 0.5) is 0 Å². The molecule has 0 aromatic heterocycles. The molecule has 1 rings (SSSR count). The van der Waals surface area contributed by atoms with Gasteiger partial charge in [0, 0.05) is 6.54 Å². The minimum absolute atomic E-state index is 0.162. The third-order valence-corrected chi connectivity index (χ3v) is 4.63. The van der Waals surface area contributed by atoms with Gasteiger partial charge in [-0.25, -0.2) is 8.42 Å². The third kappa shape index (κ3) is 5.85. The van der Waals surface area contributed by atoms with E-state index in [4.69, 9.17) is 0 Å². The van der Waals surface area contributed by atoms with E-state index in [-0.39, 0.29) is 10.8 Å². The van der Waals surface area contributed by atoms with Gasteiger partial charge in [0.1, 0.15) is 0 Å². The third-order valence-electron chi connectivity index (χ3n) is 3.08. The van der Waals surface area contributed by atoms with Crippen LogP contribution in [0.3, 0.4) is 0 Å². The number of hydrogen-bond acceptors (Lipinski definition) is 3. The molecule has 5 nitrogen and oxygen atoms in total. The second-order valence-electron chi connectivity index (χ2n) is 5.63. The van der Waals surface area contributed by atoms with E-state index in [0.29, 0.717) is 12.5 Å². The Morgan fingerprint density at radius 3 is 2.24 bits per heavy atom. The van der Waals surface area contributed by atoms with E-state index in [1.807, 2.05) is 6.92 Å². The van der Waals surface area contributed by atoms with Crippen molar-refractivity contribution in [2.24, 2.45) is 5.92 Å². The lowest BCUT2D eigenvalue weighted by Crippen LogP contribution is -2.45. The van der Waals surface area contributed by atoms with Crippen LogP contribution in [0.25, 0.3) is 0 Å². The van der Waals surface area contributed by atoms with Crippen molar-refractivity contribution in [1.29, 1.82) is 0 Å². The first-order valence-corrected chi connectivity index (χ1v) is 8.57. The van der Waals surface area contributed by atoms with Crippen molar-refractivity contribution in [3.05, 3.63) is 29.8 Å². The van der Waals surface area contributed by atoms with E-state index >= 15 is 0 Å². The van der Waals surface area contributed by atoms with Crippen molar-refractivity contribution in [2.45, 2.75) is 45.1 Å². The summed E-state index contributed by atoms with van der Waals surface area (Å²) in [6.07, 6.45) is 0.864. The van der Waals surface area contributed by atoms with Crippen molar-refractivity contribution in [3.8, 4) is 0 Å². The Bertz CT molecular complexity index is 565. The van der Waals surface area contributed by atoms with E-state index in [1.165, 1.54) is 19.1 Å². The zero-order valence-corrected chi connectivity index (χ0v) is 13.8. The van der Waals surface area contributed by atoms with Crippen molar-refractivity contribution in [1.82, 2.24) is 10.0 Å². The fourth-order valence-corrected chi connectivity index (χ4v) is 2.91. The van der Waals surface area contributed by atoms with Crippen LogP contribution >= 0.6 is 0 Å². The Labute approximate surface area is 127 Å². The second kappa shape index (κ2) is 7.56. The summed E-state index contributed by atoms with van der Waals surface area (Å²) < 4.78 is 26.7. The van der Waals surface area contributed by atoms with Gasteiger partial charge in [0.2, 0.25) is 15.9 Å². The van der Waals surface area contributed by atoms with Gasteiger partial charge in [0.05, 0.1) is 10.9 Å². The molecule has 0 saturated heterocycles. The molecule has 21 heavy (non-hydrogen) atoms. The molecule has 1 aromatic rings. The topological polar surface area (TPSA) is 75.3 Å². The monoisotopic (exact) mass is 312 g/mol. The Hall–Kier alpha value is -1.40. The van der Waals surface area contributed by atoms with E-state index in [9.17, 15) is 13.2 Å². The molecule has 0 heterocycles. The first-order valence-electron chi connectivity index (χ1n) is 7.09. The summed E-state index contributed by atoms with van der Waals surface area (Å²) in [5.74, 6) is 0.177. The van der Waals surface area contributed by atoms with Crippen LogP contribution in [0.1, 0.15) is 32.8 Å². The van der Waals surface area contributed by atoms with E-state index in [1.54, 1.807) is 12.1 Å². The number of nitrogens with one attached hydrogen (secondary N) is 2. The lowest BCUT2D eigenvalue weighted by molar-refractivity contribution is -0.122. The van der Waals surface area contributed by atoms with Gasteiger partial charge in [-0.3, -0.25) is 4.79 Å². The largest absolute Gasteiger partial charge is 0.355 e. The molecule has 0 fully saturated rings. The Balaban J connectivity index is 2.62. The quantitative estimate of drug-likeness (QED) is 0.806. The molecule has 0 spiro atoms. The number of hydrogen-bond donors (Lipinski definition) is 2. The fraction of sp³-hybridized carbons (Fsp3) is 0.533. The normalized spacial score (nSPS) is 13.2. The van der Waals surface area contributed by atoms with Crippen LogP contribution in [0.2, 0.25) is 0 Å². The average molecular weight is 312 g/mol. The minimum Gasteiger partial charge on any atom is -0.355 e. The van der Waals surface area contributed by atoms with Gasteiger partial charge in [0.15, 0.2) is 0 Å². The molecule has 0 aliphatic rings.